The molecule has 2 unspecified atom stereocenters. The van der Waals surface area contributed by atoms with Crippen LogP contribution in [0.4, 0.5) is 4.79 Å². The lowest BCUT2D eigenvalue weighted by Gasteiger charge is -2.31. The highest BCUT2D eigenvalue weighted by Gasteiger charge is 2.35. The molecule has 6 nitrogen and oxygen atoms in total. The van der Waals surface area contributed by atoms with E-state index in [0.717, 1.165) is 10.5 Å². The summed E-state index contributed by atoms with van der Waals surface area (Å²) in [6.45, 7) is 0.0646. The second-order valence-electron chi connectivity index (χ2n) is 4.43. The molecular weight excluding hydrogens is 282 g/mol. The number of benzene rings is 1. The number of carbonyl (C=O) groups excluding carboxylic acids is 1. The number of ether oxygens (including phenoxy) is 1. The molecule has 2 atom stereocenters. The van der Waals surface area contributed by atoms with Crippen LogP contribution in [0.25, 0.3) is 0 Å². The molecule has 0 spiro atoms. The number of nitrogens with zero attached hydrogens (tertiary/aromatic N) is 1. The third kappa shape index (κ3) is 3.57. The van der Waals surface area contributed by atoms with Crippen LogP contribution in [0.5, 0.6) is 0 Å². The monoisotopic (exact) mass is 297 g/mol. The average molecular weight is 297 g/mol. The van der Waals surface area contributed by atoms with Gasteiger partial charge in [-0.15, -0.1) is 0 Å². The molecular formula is C13H15NO5S. The molecule has 0 radical (unpaired) electrons. The van der Waals surface area contributed by atoms with Crippen molar-refractivity contribution in [2.45, 2.75) is 19.1 Å². The van der Waals surface area contributed by atoms with Crippen LogP contribution in [0.15, 0.2) is 30.3 Å². The highest BCUT2D eigenvalue weighted by atomic mass is 32.2. The van der Waals surface area contributed by atoms with E-state index in [1.807, 2.05) is 18.2 Å². The van der Waals surface area contributed by atoms with Gasteiger partial charge in [-0.3, -0.25) is 9.11 Å². The number of amides is 1. The summed E-state index contributed by atoms with van der Waals surface area (Å²) in [5.74, 6) is -0.900. The molecule has 1 amide bonds. The lowest BCUT2D eigenvalue weighted by Crippen LogP contribution is -2.50. The fraction of sp³-hybridized carbons (Fsp3) is 0.385. The number of hydrogen-bond donors (Lipinski definition) is 1. The predicted octanol–water partition coefficient (Wildman–Crippen LogP) is 1.19. The first-order chi connectivity index (χ1) is 9.58. The normalized spacial score (nSPS) is 22.3. The maximum absolute atomic E-state index is 11.9. The Hall–Kier alpha value is -1.89. The van der Waals surface area contributed by atoms with Gasteiger partial charge in [0, 0.05) is 16.6 Å². The second kappa shape index (κ2) is 6.51. The standard InChI is InChI=1S/C13H15NO5S/c15-12(16)11-6-7-20(18)9-14(11)13(17)19-8-10-4-2-1-3-5-10/h1-5,11H,6-9H2,(H,15,16). The quantitative estimate of drug-likeness (QED) is 0.906. The van der Waals surface area contributed by atoms with Crippen LogP contribution in [0.1, 0.15) is 12.0 Å². The Balaban J connectivity index is 1.98. The minimum atomic E-state index is -1.21. The molecule has 108 valence electrons. The van der Waals surface area contributed by atoms with Gasteiger partial charge in [0.2, 0.25) is 0 Å². The predicted molar refractivity (Wildman–Crippen MR) is 72.4 cm³/mol. The van der Waals surface area contributed by atoms with E-state index >= 15 is 0 Å². The minimum absolute atomic E-state index is 0.0646. The van der Waals surface area contributed by atoms with E-state index in [1.165, 1.54) is 0 Å². The Kier molecular flexibility index (Phi) is 4.73. The van der Waals surface area contributed by atoms with Crippen molar-refractivity contribution in [3.8, 4) is 0 Å². The summed E-state index contributed by atoms with van der Waals surface area (Å²) < 4.78 is 16.6. The Morgan fingerprint density at radius 1 is 1.35 bits per heavy atom. The van der Waals surface area contributed by atoms with E-state index in [2.05, 4.69) is 0 Å². The molecule has 1 aliphatic heterocycles. The van der Waals surface area contributed by atoms with Crippen LogP contribution in [-0.2, 0) is 26.9 Å². The van der Waals surface area contributed by atoms with Crippen molar-refractivity contribution in [1.29, 1.82) is 0 Å². The van der Waals surface area contributed by atoms with Gasteiger partial charge in [0.05, 0.1) is 0 Å². The van der Waals surface area contributed by atoms with E-state index in [9.17, 15) is 13.8 Å². The molecule has 1 aromatic rings. The SMILES string of the molecule is O=C(O)C1CCS(=O)CN1C(=O)OCc1ccccc1. The first-order valence-corrected chi connectivity index (χ1v) is 7.62. The van der Waals surface area contributed by atoms with Crippen molar-refractivity contribution in [2.75, 3.05) is 11.6 Å². The zero-order valence-electron chi connectivity index (χ0n) is 10.7. The van der Waals surface area contributed by atoms with Gasteiger partial charge in [-0.2, -0.15) is 0 Å². The van der Waals surface area contributed by atoms with Crippen LogP contribution in [0, 0.1) is 0 Å². The van der Waals surface area contributed by atoms with E-state index in [4.69, 9.17) is 9.84 Å². The number of carboxylic acids is 1. The summed E-state index contributed by atoms with van der Waals surface area (Å²) in [7, 11) is -1.21. The third-order valence-corrected chi connectivity index (χ3v) is 4.26. The lowest BCUT2D eigenvalue weighted by atomic mass is 10.2. The summed E-state index contributed by atoms with van der Waals surface area (Å²) in [5.41, 5.74) is 0.811. The number of rotatable bonds is 3. The van der Waals surface area contributed by atoms with Gasteiger partial charge in [0.1, 0.15) is 18.5 Å². The molecule has 7 heteroatoms. The third-order valence-electron chi connectivity index (χ3n) is 3.00. The van der Waals surface area contributed by atoms with Crippen molar-refractivity contribution < 1.29 is 23.6 Å². The van der Waals surface area contributed by atoms with Gasteiger partial charge in [-0.05, 0) is 12.0 Å². The highest BCUT2D eigenvalue weighted by Crippen LogP contribution is 2.16. The van der Waals surface area contributed by atoms with Crippen LogP contribution < -0.4 is 0 Å². The van der Waals surface area contributed by atoms with Crippen molar-refractivity contribution in [3.63, 3.8) is 0 Å². The smallest absolute Gasteiger partial charge is 0.411 e. The molecule has 1 saturated heterocycles. The molecule has 0 aromatic heterocycles. The van der Waals surface area contributed by atoms with Crippen LogP contribution in [0.3, 0.4) is 0 Å². The van der Waals surface area contributed by atoms with Gasteiger partial charge in [0.15, 0.2) is 0 Å². The Labute approximate surface area is 118 Å². The average Bonchev–Trinajstić information content (AvgIpc) is 2.45. The van der Waals surface area contributed by atoms with Crippen LogP contribution in [-0.4, -0.2) is 43.9 Å². The first-order valence-electron chi connectivity index (χ1n) is 6.13. The summed E-state index contributed by atoms with van der Waals surface area (Å²) >= 11 is 0. The number of carbonyl (C=O) groups is 2. The fourth-order valence-corrected chi connectivity index (χ4v) is 3.16. The van der Waals surface area contributed by atoms with Crippen molar-refractivity contribution in [2.24, 2.45) is 0 Å². The Bertz CT molecular complexity index is 519. The van der Waals surface area contributed by atoms with E-state index in [1.54, 1.807) is 12.1 Å². The topological polar surface area (TPSA) is 83.9 Å². The van der Waals surface area contributed by atoms with Gasteiger partial charge in [-0.25, -0.2) is 9.59 Å². The summed E-state index contributed by atoms with van der Waals surface area (Å²) in [6.07, 6.45) is -0.558. The van der Waals surface area contributed by atoms with Gasteiger partial charge in [-0.1, -0.05) is 30.3 Å². The molecule has 20 heavy (non-hydrogen) atoms. The molecule has 1 N–H and O–H groups in total. The summed E-state index contributed by atoms with van der Waals surface area (Å²) in [4.78, 5) is 24.1. The molecule has 1 aliphatic rings. The van der Waals surface area contributed by atoms with Crippen molar-refractivity contribution in [1.82, 2.24) is 4.90 Å². The molecule has 0 saturated carbocycles. The molecule has 1 heterocycles. The van der Waals surface area contributed by atoms with Gasteiger partial charge >= 0.3 is 12.1 Å². The number of hydrogen-bond acceptors (Lipinski definition) is 4. The summed E-state index contributed by atoms with van der Waals surface area (Å²) in [6, 6.07) is 8.13. The number of aliphatic carboxylic acids is 1. The molecule has 2 rings (SSSR count). The zero-order valence-corrected chi connectivity index (χ0v) is 11.5. The maximum atomic E-state index is 11.9. The molecule has 1 fully saturated rings. The molecule has 0 bridgehead atoms. The fourth-order valence-electron chi connectivity index (χ4n) is 1.95. The van der Waals surface area contributed by atoms with E-state index < -0.39 is 28.9 Å². The molecule has 0 aliphatic carbocycles. The summed E-state index contributed by atoms with van der Waals surface area (Å²) in [5, 5.41) is 9.08. The van der Waals surface area contributed by atoms with Crippen molar-refractivity contribution >= 4 is 22.9 Å². The lowest BCUT2D eigenvalue weighted by molar-refractivity contribution is -0.142. The first kappa shape index (κ1) is 14.5. The van der Waals surface area contributed by atoms with Crippen LogP contribution >= 0.6 is 0 Å². The minimum Gasteiger partial charge on any atom is -0.480 e. The highest BCUT2D eigenvalue weighted by molar-refractivity contribution is 7.84. The largest absolute Gasteiger partial charge is 0.480 e. The second-order valence-corrected chi connectivity index (χ2v) is 5.97. The zero-order chi connectivity index (χ0) is 14.5. The van der Waals surface area contributed by atoms with E-state index in [-0.39, 0.29) is 18.9 Å². The van der Waals surface area contributed by atoms with Crippen molar-refractivity contribution in [3.05, 3.63) is 35.9 Å². The molecule has 1 aromatic carbocycles. The number of carboxylic acid groups (broad SMARTS) is 1. The maximum Gasteiger partial charge on any atom is 0.411 e. The van der Waals surface area contributed by atoms with Gasteiger partial charge in [0.25, 0.3) is 0 Å². The van der Waals surface area contributed by atoms with Crippen LogP contribution in [0.2, 0.25) is 0 Å². The van der Waals surface area contributed by atoms with Gasteiger partial charge < -0.3 is 9.84 Å². The Morgan fingerprint density at radius 2 is 2.05 bits per heavy atom. The Morgan fingerprint density at radius 3 is 2.70 bits per heavy atom. The van der Waals surface area contributed by atoms with E-state index in [0.29, 0.717) is 5.75 Å².